The highest BCUT2D eigenvalue weighted by Gasteiger charge is 2.19. The maximum Gasteiger partial charge on any atom is 0.249 e. The van der Waals surface area contributed by atoms with E-state index in [0.29, 0.717) is 18.2 Å². The Balaban J connectivity index is 1.76. The minimum atomic E-state index is -0.364. The van der Waals surface area contributed by atoms with Crippen molar-refractivity contribution in [1.82, 2.24) is 5.32 Å². The molecule has 0 radical (unpaired) electrons. The second kappa shape index (κ2) is 6.10. The molecule has 3 rings (SSSR count). The van der Waals surface area contributed by atoms with Gasteiger partial charge < -0.3 is 11.1 Å². The molecule has 0 aliphatic heterocycles. The summed E-state index contributed by atoms with van der Waals surface area (Å²) in [6.07, 6.45) is 3.49. The van der Waals surface area contributed by atoms with Crippen molar-refractivity contribution in [1.29, 1.82) is 0 Å². The molecule has 108 valence electrons. The zero-order valence-electron chi connectivity index (χ0n) is 12.0. The van der Waals surface area contributed by atoms with Gasteiger partial charge in [-0.3, -0.25) is 4.79 Å². The van der Waals surface area contributed by atoms with Crippen LogP contribution in [0.2, 0.25) is 0 Å². The van der Waals surface area contributed by atoms with Crippen LogP contribution in [0.5, 0.6) is 0 Å². The van der Waals surface area contributed by atoms with Crippen LogP contribution in [0.3, 0.4) is 0 Å². The van der Waals surface area contributed by atoms with Gasteiger partial charge in [0.05, 0.1) is 0 Å². The normalized spacial score (nSPS) is 17.2. The van der Waals surface area contributed by atoms with E-state index in [1.54, 1.807) is 6.07 Å². The van der Waals surface area contributed by atoms with Crippen molar-refractivity contribution in [3.63, 3.8) is 0 Å². The summed E-state index contributed by atoms with van der Waals surface area (Å²) in [5.41, 5.74) is 9.83. The van der Waals surface area contributed by atoms with Gasteiger partial charge in [-0.15, -0.1) is 0 Å². The summed E-state index contributed by atoms with van der Waals surface area (Å²) in [6, 6.07) is 16.5. The second-order valence-corrected chi connectivity index (χ2v) is 5.55. The highest BCUT2D eigenvalue weighted by Crippen LogP contribution is 2.29. The number of fused-ring (bicyclic) bond motifs is 1. The van der Waals surface area contributed by atoms with Gasteiger partial charge in [0, 0.05) is 18.2 Å². The molecule has 1 amide bonds. The number of hydrogen-bond acceptors (Lipinski definition) is 2. The van der Waals surface area contributed by atoms with Crippen molar-refractivity contribution in [2.45, 2.75) is 31.8 Å². The van der Waals surface area contributed by atoms with Crippen molar-refractivity contribution in [2.24, 2.45) is 5.73 Å². The number of hydrogen-bond donors (Lipinski definition) is 2. The van der Waals surface area contributed by atoms with E-state index in [-0.39, 0.29) is 5.91 Å². The topological polar surface area (TPSA) is 55.1 Å². The quantitative estimate of drug-likeness (QED) is 0.904. The molecule has 1 atom stereocenters. The van der Waals surface area contributed by atoms with Crippen molar-refractivity contribution in [3.8, 4) is 0 Å². The minimum absolute atomic E-state index is 0.357. The summed E-state index contributed by atoms with van der Waals surface area (Å²) in [5.74, 6) is -0.364. The van der Waals surface area contributed by atoms with Crippen LogP contribution in [0.25, 0.3) is 0 Å². The Morgan fingerprint density at radius 3 is 2.76 bits per heavy atom. The summed E-state index contributed by atoms with van der Waals surface area (Å²) in [6.45, 7) is 0.665. The molecule has 3 nitrogen and oxygen atoms in total. The van der Waals surface area contributed by atoms with Crippen LogP contribution in [0.4, 0.5) is 0 Å². The first-order chi connectivity index (χ1) is 10.3. The van der Waals surface area contributed by atoms with E-state index in [1.807, 2.05) is 18.2 Å². The smallest absolute Gasteiger partial charge is 0.249 e. The summed E-state index contributed by atoms with van der Waals surface area (Å²) in [4.78, 5) is 11.5. The fraction of sp³-hybridized carbons (Fsp3) is 0.278. The molecular weight excluding hydrogens is 260 g/mol. The number of amides is 1. The number of primary amides is 1. The van der Waals surface area contributed by atoms with Gasteiger partial charge in [-0.25, -0.2) is 0 Å². The molecule has 3 N–H and O–H groups in total. The molecule has 1 aliphatic carbocycles. The van der Waals surface area contributed by atoms with E-state index in [4.69, 9.17) is 5.73 Å². The predicted octanol–water partition coefficient (Wildman–Crippen LogP) is 2.95. The lowest BCUT2D eigenvalue weighted by atomic mass is 9.87. The Kier molecular flexibility index (Phi) is 4.02. The fourth-order valence-electron chi connectivity index (χ4n) is 3.11. The number of aryl methyl sites for hydroxylation is 1. The minimum Gasteiger partial charge on any atom is -0.366 e. The van der Waals surface area contributed by atoms with Gasteiger partial charge in [0.1, 0.15) is 0 Å². The lowest BCUT2D eigenvalue weighted by Gasteiger charge is -2.26. The average molecular weight is 280 g/mol. The molecule has 0 heterocycles. The van der Waals surface area contributed by atoms with Crippen LogP contribution < -0.4 is 11.1 Å². The molecule has 2 aromatic rings. The fourth-order valence-corrected chi connectivity index (χ4v) is 3.11. The molecule has 0 aromatic heterocycles. The molecule has 0 saturated carbocycles. The van der Waals surface area contributed by atoms with E-state index < -0.39 is 0 Å². The van der Waals surface area contributed by atoms with Crippen molar-refractivity contribution in [3.05, 3.63) is 70.8 Å². The van der Waals surface area contributed by atoms with E-state index in [0.717, 1.165) is 18.4 Å². The van der Waals surface area contributed by atoms with Crippen LogP contribution >= 0.6 is 0 Å². The third-order valence-corrected chi connectivity index (χ3v) is 4.19. The van der Waals surface area contributed by atoms with Crippen LogP contribution in [0.15, 0.2) is 48.5 Å². The van der Waals surface area contributed by atoms with Crippen molar-refractivity contribution < 1.29 is 4.79 Å². The number of carbonyl (C=O) groups is 1. The molecule has 0 saturated heterocycles. The highest BCUT2D eigenvalue weighted by molar-refractivity contribution is 5.94. The largest absolute Gasteiger partial charge is 0.366 e. The van der Waals surface area contributed by atoms with Gasteiger partial charge >= 0.3 is 0 Å². The Labute approximate surface area is 125 Å². The molecule has 2 aromatic carbocycles. The maximum atomic E-state index is 11.5. The van der Waals surface area contributed by atoms with Crippen molar-refractivity contribution in [2.75, 3.05) is 0 Å². The molecule has 0 bridgehead atoms. The third kappa shape index (κ3) is 2.98. The third-order valence-electron chi connectivity index (χ3n) is 4.19. The van der Waals surface area contributed by atoms with Gasteiger partial charge in [0.2, 0.25) is 5.91 Å². The zero-order valence-corrected chi connectivity index (χ0v) is 12.0. The summed E-state index contributed by atoms with van der Waals surface area (Å²) >= 11 is 0. The lowest BCUT2D eigenvalue weighted by Crippen LogP contribution is -2.26. The Bertz CT molecular complexity index is 651. The van der Waals surface area contributed by atoms with E-state index in [9.17, 15) is 4.79 Å². The number of rotatable bonds is 4. The highest BCUT2D eigenvalue weighted by atomic mass is 16.1. The number of benzene rings is 2. The van der Waals surface area contributed by atoms with Gasteiger partial charge in [0.25, 0.3) is 0 Å². The summed E-state index contributed by atoms with van der Waals surface area (Å²) in [5, 5.41) is 3.58. The maximum absolute atomic E-state index is 11.5. The molecule has 1 aliphatic rings. The SMILES string of the molecule is NC(=O)c1ccccc1CNC1CCCc2ccccc21. The molecule has 21 heavy (non-hydrogen) atoms. The monoisotopic (exact) mass is 280 g/mol. The first-order valence-electron chi connectivity index (χ1n) is 7.44. The van der Waals surface area contributed by atoms with Crippen LogP contribution in [0.1, 0.15) is 45.9 Å². The van der Waals surface area contributed by atoms with E-state index >= 15 is 0 Å². The Morgan fingerprint density at radius 1 is 1.14 bits per heavy atom. The van der Waals surface area contributed by atoms with Crippen LogP contribution in [0, 0.1) is 0 Å². The molecule has 0 fully saturated rings. The molecule has 0 spiro atoms. The van der Waals surface area contributed by atoms with Gasteiger partial charge in [0.15, 0.2) is 0 Å². The lowest BCUT2D eigenvalue weighted by molar-refractivity contribution is 0.0999. The number of nitrogens with one attached hydrogen (secondary N) is 1. The summed E-state index contributed by atoms with van der Waals surface area (Å²) < 4.78 is 0. The first-order valence-corrected chi connectivity index (χ1v) is 7.44. The first kappa shape index (κ1) is 13.8. The van der Waals surface area contributed by atoms with Gasteiger partial charge in [-0.05, 0) is 42.0 Å². The van der Waals surface area contributed by atoms with Gasteiger partial charge in [-0.1, -0.05) is 42.5 Å². The van der Waals surface area contributed by atoms with Crippen LogP contribution in [-0.4, -0.2) is 5.91 Å². The number of nitrogens with two attached hydrogens (primary N) is 1. The number of carbonyl (C=O) groups excluding carboxylic acids is 1. The Hall–Kier alpha value is -2.13. The zero-order chi connectivity index (χ0) is 14.7. The van der Waals surface area contributed by atoms with Crippen LogP contribution in [-0.2, 0) is 13.0 Å². The standard InChI is InChI=1S/C18H20N2O/c19-18(21)16-10-4-2-7-14(16)12-20-17-11-5-8-13-6-1-3-9-15(13)17/h1-4,6-7,9-10,17,20H,5,8,11-12H2,(H2,19,21). The second-order valence-electron chi connectivity index (χ2n) is 5.55. The average Bonchev–Trinajstić information content (AvgIpc) is 2.53. The van der Waals surface area contributed by atoms with E-state index in [2.05, 4.69) is 29.6 Å². The van der Waals surface area contributed by atoms with Crippen molar-refractivity contribution >= 4 is 5.91 Å². The predicted molar refractivity (Wildman–Crippen MR) is 83.9 cm³/mol. The molecular formula is C18H20N2O. The van der Waals surface area contributed by atoms with E-state index in [1.165, 1.54) is 17.5 Å². The molecule has 1 unspecified atom stereocenters. The summed E-state index contributed by atoms with van der Waals surface area (Å²) in [7, 11) is 0. The van der Waals surface area contributed by atoms with Gasteiger partial charge in [-0.2, -0.15) is 0 Å². The Morgan fingerprint density at radius 2 is 1.90 bits per heavy atom. The molecule has 3 heteroatoms.